The van der Waals surface area contributed by atoms with Crippen molar-refractivity contribution in [3.63, 3.8) is 0 Å². The van der Waals surface area contributed by atoms with E-state index in [1.165, 1.54) is 13.3 Å². The molecule has 0 spiro atoms. The molecule has 0 heterocycles. The van der Waals surface area contributed by atoms with Crippen LogP contribution in [0.1, 0.15) is 34.1 Å². The zero-order chi connectivity index (χ0) is 10.8. The molecule has 14 heavy (non-hydrogen) atoms. The fourth-order valence-corrected chi connectivity index (χ4v) is 1.34. The number of hydrogen-bond donors (Lipinski definition) is 0. The summed E-state index contributed by atoms with van der Waals surface area (Å²) >= 11 is 0. The Morgan fingerprint density at radius 2 is 2.07 bits per heavy atom. The van der Waals surface area contributed by atoms with Crippen molar-refractivity contribution in [3.05, 3.63) is 11.6 Å². The maximum atomic E-state index is 10.4. The van der Waals surface area contributed by atoms with Crippen molar-refractivity contribution in [2.24, 2.45) is 16.5 Å². The molecule has 1 unspecified atom stereocenters. The van der Waals surface area contributed by atoms with Crippen molar-refractivity contribution in [1.82, 2.24) is 0 Å². The summed E-state index contributed by atoms with van der Waals surface area (Å²) in [5, 5.41) is 3.56. The highest BCUT2D eigenvalue weighted by atomic mass is 16.7. The lowest BCUT2D eigenvalue weighted by atomic mass is 10.1. The molecule has 0 amide bonds. The number of carbonyl (C=O) groups is 1. The molecular formula is C11H17NO2. The van der Waals surface area contributed by atoms with Crippen molar-refractivity contribution in [2.45, 2.75) is 34.1 Å². The summed E-state index contributed by atoms with van der Waals surface area (Å²) in [7, 11) is 0. The molecule has 1 fully saturated rings. The molecule has 3 nitrogen and oxygen atoms in total. The number of oxime groups is 1. The normalized spacial score (nSPS) is 25.1. The standard InChI is InChI=1S/C11H17NO2/c1-8(7-12-14-9(2)13)5-10-6-11(10,3)4/h5,7,10H,6H2,1-4H3/b8-5+,12-7+. The summed E-state index contributed by atoms with van der Waals surface area (Å²) < 4.78 is 0. The third kappa shape index (κ3) is 3.32. The number of allylic oxidation sites excluding steroid dienone is 2. The molecule has 0 aromatic heterocycles. The number of hydrogen-bond acceptors (Lipinski definition) is 3. The summed E-state index contributed by atoms with van der Waals surface area (Å²) in [6, 6.07) is 0. The molecule has 0 aromatic rings. The molecule has 1 atom stereocenters. The predicted molar refractivity (Wildman–Crippen MR) is 55.9 cm³/mol. The van der Waals surface area contributed by atoms with Gasteiger partial charge in [0, 0.05) is 6.92 Å². The lowest BCUT2D eigenvalue weighted by Gasteiger charge is -1.97. The Morgan fingerprint density at radius 1 is 1.50 bits per heavy atom. The van der Waals surface area contributed by atoms with Gasteiger partial charge in [-0.2, -0.15) is 0 Å². The van der Waals surface area contributed by atoms with Crippen LogP contribution in [0.4, 0.5) is 0 Å². The first-order valence-electron chi connectivity index (χ1n) is 4.81. The van der Waals surface area contributed by atoms with Crippen LogP contribution in [-0.2, 0) is 9.63 Å². The van der Waals surface area contributed by atoms with Gasteiger partial charge in [0.15, 0.2) is 0 Å². The van der Waals surface area contributed by atoms with Crippen LogP contribution in [0, 0.1) is 11.3 Å². The Labute approximate surface area is 84.8 Å². The topological polar surface area (TPSA) is 38.7 Å². The van der Waals surface area contributed by atoms with Crippen LogP contribution in [-0.4, -0.2) is 12.2 Å². The summed E-state index contributed by atoms with van der Waals surface area (Å²) in [5.74, 6) is 0.257. The molecule has 1 aliphatic carbocycles. The van der Waals surface area contributed by atoms with E-state index in [-0.39, 0.29) is 5.97 Å². The van der Waals surface area contributed by atoms with Gasteiger partial charge in [-0.15, -0.1) is 0 Å². The molecule has 0 saturated heterocycles. The minimum absolute atomic E-state index is 0.388. The first-order valence-corrected chi connectivity index (χ1v) is 4.81. The zero-order valence-electron chi connectivity index (χ0n) is 9.20. The van der Waals surface area contributed by atoms with E-state index in [4.69, 9.17) is 0 Å². The van der Waals surface area contributed by atoms with E-state index in [0.29, 0.717) is 11.3 Å². The number of carbonyl (C=O) groups excluding carboxylic acids is 1. The largest absolute Gasteiger partial charge is 0.331 e. The van der Waals surface area contributed by atoms with Gasteiger partial charge in [0.2, 0.25) is 0 Å². The van der Waals surface area contributed by atoms with Gasteiger partial charge in [-0.05, 0) is 30.3 Å². The molecule has 3 heteroatoms. The molecule has 1 saturated carbocycles. The van der Waals surface area contributed by atoms with E-state index in [1.54, 1.807) is 6.21 Å². The molecule has 0 bridgehead atoms. The second kappa shape index (κ2) is 3.95. The maximum Gasteiger partial charge on any atom is 0.331 e. The SMILES string of the molecule is CC(=O)O/N=C/C(C)=C/C1CC1(C)C. The lowest BCUT2D eigenvalue weighted by molar-refractivity contribution is -0.140. The van der Waals surface area contributed by atoms with E-state index in [1.807, 2.05) is 6.92 Å². The molecule has 1 aliphatic rings. The van der Waals surface area contributed by atoms with Crippen LogP contribution in [0.2, 0.25) is 0 Å². The molecule has 0 aromatic carbocycles. The van der Waals surface area contributed by atoms with Crippen molar-refractivity contribution in [2.75, 3.05) is 0 Å². The van der Waals surface area contributed by atoms with Gasteiger partial charge in [-0.25, -0.2) is 4.79 Å². The molecule has 0 N–H and O–H groups in total. The average Bonchev–Trinajstić information content (AvgIpc) is 2.57. The van der Waals surface area contributed by atoms with Gasteiger partial charge in [-0.3, -0.25) is 0 Å². The minimum Gasteiger partial charge on any atom is -0.319 e. The molecule has 0 radical (unpaired) electrons. The smallest absolute Gasteiger partial charge is 0.319 e. The van der Waals surface area contributed by atoms with Crippen LogP contribution in [0.25, 0.3) is 0 Å². The van der Waals surface area contributed by atoms with Gasteiger partial charge in [-0.1, -0.05) is 25.1 Å². The second-order valence-electron chi connectivity index (χ2n) is 4.53. The number of nitrogens with zero attached hydrogens (tertiary/aromatic N) is 1. The van der Waals surface area contributed by atoms with E-state index in [0.717, 1.165) is 5.57 Å². The molecular weight excluding hydrogens is 178 g/mol. The first-order chi connectivity index (χ1) is 6.42. The maximum absolute atomic E-state index is 10.4. The van der Waals surface area contributed by atoms with Crippen molar-refractivity contribution < 1.29 is 9.63 Å². The zero-order valence-corrected chi connectivity index (χ0v) is 9.20. The molecule has 0 aliphatic heterocycles. The fourth-order valence-electron chi connectivity index (χ4n) is 1.34. The van der Waals surface area contributed by atoms with Crippen LogP contribution in [0.5, 0.6) is 0 Å². The highest BCUT2D eigenvalue weighted by molar-refractivity contribution is 5.78. The Morgan fingerprint density at radius 3 is 2.50 bits per heavy atom. The Balaban J connectivity index is 2.39. The summed E-state index contributed by atoms with van der Waals surface area (Å²) in [4.78, 5) is 14.9. The summed E-state index contributed by atoms with van der Waals surface area (Å²) in [6.07, 6.45) is 4.98. The van der Waals surface area contributed by atoms with E-state index in [2.05, 4.69) is 29.9 Å². The Kier molecular flexibility index (Phi) is 3.09. The van der Waals surface area contributed by atoms with Crippen LogP contribution < -0.4 is 0 Å². The van der Waals surface area contributed by atoms with Crippen LogP contribution >= 0.6 is 0 Å². The molecule has 1 rings (SSSR count). The van der Waals surface area contributed by atoms with Crippen molar-refractivity contribution in [3.8, 4) is 0 Å². The fraction of sp³-hybridized carbons (Fsp3) is 0.636. The quantitative estimate of drug-likeness (QED) is 0.394. The number of rotatable bonds is 3. The summed E-state index contributed by atoms with van der Waals surface area (Å²) in [5.41, 5.74) is 1.48. The first kappa shape index (κ1) is 11.0. The Bertz CT molecular complexity index is 290. The van der Waals surface area contributed by atoms with Gasteiger partial charge in [0.05, 0.1) is 6.21 Å². The van der Waals surface area contributed by atoms with Gasteiger partial charge < -0.3 is 4.84 Å². The highest BCUT2D eigenvalue weighted by Gasteiger charge is 2.43. The van der Waals surface area contributed by atoms with Crippen molar-refractivity contribution >= 4 is 12.2 Å². The third-order valence-corrected chi connectivity index (χ3v) is 2.49. The summed E-state index contributed by atoms with van der Waals surface area (Å²) in [6.45, 7) is 7.77. The monoisotopic (exact) mass is 195 g/mol. The van der Waals surface area contributed by atoms with E-state index >= 15 is 0 Å². The highest BCUT2D eigenvalue weighted by Crippen LogP contribution is 2.52. The Hall–Kier alpha value is -1.12. The average molecular weight is 195 g/mol. The lowest BCUT2D eigenvalue weighted by Crippen LogP contribution is -1.92. The third-order valence-electron chi connectivity index (χ3n) is 2.49. The predicted octanol–water partition coefficient (Wildman–Crippen LogP) is 2.53. The van der Waals surface area contributed by atoms with Crippen LogP contribution in [0.3, 0.4) is 0 Å². The van der Waals surface area contributed by atoms with Gasteiger partial charge in [0.25, 0.3) is 0 Å². The van der Waals surface area contributed by atoms with Gasteiger partial charge in [0.1, 0.15) is 0 Å². The minimum atomic E-state index is -0.388. The van der Waals surface area contributed by atoms with Crippen molar-refractivity contribution in [1.29, 1.82) is 0 Å². The van der Waals surface area contributed by atoms with E-state index < -0.39 is 0 Å². The van der Waals surface area contributed by atoms with E-state index in [9.17, 15) is 4.79 Å². The second-order valence-corrected chi connectivity index (χ2v) is 4.53. The van der Waals surface area contributed by atoms with Gasteiger partial charge >= 0.3 is 5.97 Å². The molecule has 78 valence electrons. The van der Waals surface area contributed by atoms with Crippen LogP contribution in [0.15, 0.2) is 16.8 Å².